The van der Waals surface area contributed by atoms with Crippen molar-refractivity contribution in [1.82, 2.24) is 4.90 Å². The number of fused-ring (bicyclic) bond motifs is 1. The van der Waals surface area contributed by atoms with Gasteiger partial charge in [0.15, 0.2) is 0 Å². The Hall–Kier alpha value is -3.64. The van der Waals surface area contributed by atoms with Crippen LogP contribution in [0.5, 0.6) is 5.75 Å². The van der Waals surface area contributed by atoms with Crippen LogP contribution in [0.1, 0.15) is 60.1 Å². The summed E-state index contributed by atoms with van der Waals surface area (Å²) in [7, 11) is 2.09. The normalized spacial score (nSPS) is 15.6. The average Bonchev–Trinajstić information content (AvgIpc) is 2.79. The molecule has 0 radical (unpaired) electrons. The van der Waals surface area contributed by atoms with Gasteiger partial charge >= 0.3 is 11.9 Å². The van der Waals surface area contributed by atoms with Gasteiger partial charge < -0.3 is 14.9 Å². The van der Waals surface area contributed by atoms with Crippen molar-refractivity contribution < 1.29 is 24.5 Å². The van der Waals surface area contributed by atoms with Gasteiger partial charge in [0.1, 0.15) is 11.3 Å². The maximum atomic E-state index is 12.0. The number of carboxylic acids is 2. The van der Waals surface area contributed by atoms with E-state index >= 15 is 0 Å². The number of nitrogens with zero attached hydrogens (tertiary/aromatic N) is 1. The van der Waals surface area contributed by atoms with E-state index in [1.807, 2.05) is 12.1 Å². The first kappa shape index (κ1) is 23.5. The van der Waals surface area contributed by atoms with E-state index < -0.39 is 11.9 Å². The first-order valence-corrected chi connectivity index (χ1v) is 11.4. The number of carboxylic acid groups (broad SMARTS) is 2. The highest BCUT2D eigenvalue weighted by molar-refractivity contribution is 5.91. The van der Waals surface area contributed by atoms with Crippen molar-refractivity contribution in [1.29, 1.82) is 0 Å². The summed E-state index contributed by atoms with van der Waals surface area (Å²) < 4.78 is 5.99. The SMILES string of the molecule is Cc1ccc(C2c3cc(OCCc4cccc(C(=O)O)c4)c(C(=O)O)cc3CCN2C)c(C)c1. The third kappa shape index (κ3) is 4.82. The fourth-order valence-electron chi connectivity index (χ4n) is 4.74. The van der Waals surface area contributed by atoms with Gasteiger partial charge in [-0.2, -0.15) is 0 Å². The smallest absolute Gasteiger partial charge is 0.339 e. The fraction of sp³-hybridized carbons (Fsp3) is 0.286. The summed E-state index contributed by atoms with van der Waals surface area (Å²) in [5.41, 5.74) is 6.90. The monoisotopic (exact) mass is 459 g/mol. The molecule has 4 rings (SSSR count). The average molecular weight is 460 g/mol. The molecule has 3 aromatic rings. The Morgan fingerprint density at radius 1 is 1.00 bits per heavy atom. The summed E-state index contributed by atoms with van der Waals surface area (Å²) in [6, 6.07) is 16.8. The van der Waals surface area contributed by atoms with E-state index in [9.17, 15) is 19.8 Å². The molecule has 1 heterocycles. The Labute approximate surface area is 199 Å². The Bertz CT molecular complexity index is 1250. The highest BCUT2D eigenvalue weighted by Crippen LogP contribution is 2.39. The van der Waals surface area contributed by atoms with Crippen LogP contribution in [-0.2, 0) is 12.8 Å². The maximum absolute atomic E-state index is 12.0. The van der Waals surface area contributed by atoms with Gasteiger partial charge in [0, 0.05) is 13.0 Å². The zero-order valence-corrected chi connectivity index (χ0v) is 19.7. The summed E-state index contributed by atoms with van der Waals surface area (Å²) in [5, 5.41) is 19.0. The molecule has 0 saturated carbocycles. The van der Waals surface area contributed by atoms with Gasteiger partial charge in [-0.15, -0.1) is 0 Å². The molecule has 34 heavy (non-hydrogen) atoms. The molecule has 176 valence electrons. The molecule has 1 aliphatic heterocycles. The molecule has 0 bridgehead atoms. The summed E-state index contributed by atoms with van der Waals surface area (Å²) >= 11 is 0. The number of aryl methyl sites for hydroxylation is 2. The molecule has 6 nitrogen and oxygen atoms in total. The van der Waals surface area contributed by atoms with E-state index in [0.29, 0.717) is 12.2 Å². The largest absolute Gasteiger partial charge is 0.492 e. The minimum absolute atomic E-state index is 0.0155. The van der Waals surface area contributed by atoms with E-state index in [2.05, 4.69) is 44.0 Å². The van der Waals surface area contributed by atoms with E-state index in [0.717, 1.165) is 29.7 Å². The zero-order valence-electron chi connectivity index (χ0n) is 19.7. The van der Waals surface area contributed by atoms with Crippen LogP contribution in [0, 0.1) is 13.8 Å². The summed E-state index contributed by atoms with van der Waals surface area (Å²) in [5.74, 6) is -1.66. The van der Waals surface area contributed by atoms with Crippen LogP contribution in [-0.4, -0.2) is 47.3 Å². The molecule has 2 N–H and O–H groups in total. The lowest BCUT2D eigenvalue weighted by atomic mass is 9.85. The highest BCUT2D eigenvalue weighted by atomic mass is 16.5. The minimum Gasteiger partial charge on any atom is -0.492 e. The van der Waals surface area contributed by atoms with Crippen molar-refractivity contribution in [3.63, 3.8) is 0 Å². The van der Waals surface area contributed by atoms with Crippen LogP contribution in [0.3, 0.4) is 0 Å². The van der Waals surface area contributed by atoms with Gasteiger partial charge in [-0.25, -0.2) is 9.59 Å². The molecule has 6 heteroatoms. The van der Waals surface area contributed by atoms with Crippen LogP contribution < -0.4 is 4.74 Å². The predicted molar refractivity (Wildman–Crippen MR) is 130 cm³/mol. The molecule has 1 unspecified atom stereocenters. The Morgan fingerprint density at radius 3 is 2.50 bits per heavy atom. The molecule has 1 aliphatic rings. The Morgan fingerprint density at radius 2 is 1.79 bits per heavy atom. The van der Waals surface area contributed by atoms with Gasteiger partial charge in [0.25, 0.3) is 0 Å². The zero-order chi connectivity index (χ0) is 24.4. The third-order valence-electron chi connectivity index (χ3n) is 6.48. The van der Waals surface area contributed by atoms with Gasteiger partial charge in [-0.1, -0.05) is 35.9 Å². The highest BCUT2D eigenvalue weighted by Gasteiger charge is 2.30. The second-order valence-corrected chi connectivity index (χ2v) is 8.95. The second-order valence-electron chi connectivity index (χ2n) is 8.95. The molecule has 0 aliphatic carbocycles. The molecule has 0 saturated heterocycles. The molecule has 0 fully saturated rings. The van der Waals surface area contributed by atoms with Crippen molar-refractivity contribution in [2.24, 2.45) is 0 Å². The van der Waals surface area contributed by atoms with Gasteiger partial charge in [-0.3, -0.25) is 4.90 Å². The van der Waals surface area contributed by atoms with Crippen molar-refractivity contribution in [3.8, 4) is 5.75 Å². The number of aromatic carboxylic acids is 2. The molecular weight excluding hydrogens is 430 g/mol. The van der Waals surface area contributed by atoms with Crippen LogP contribution >= 0.6 is 0 Å². The number of rotatable bonds is 7. The van der Waals surface area contributed by atoms with E-state index in [4.69, 9.17) is 4.74 Å². The number of ether oxygens (including phenoxy) is 1. The summed E-state index contributed by atoms with van der Waals surface area (Å²) in [6.45, 7) is 5.27. The molecule has 0 spiro atoms. The number of likely N-dealkylation sites (N-methyl/N-ethyl adjacent to an activating group) is 1. The molecular formula is C28H29NO5. The number of carbonyl (C=O) groups is 2. The Balaban J connectivity index is 1.65. The lowest BCUT2D eigenvalue weighted by molar-refractivity contribution is 0.0682. The van der Waals surface area contributed by atoms with E-state index in [1.165, 1.54) is 16.7 Å². The van der Waals surface area contributed by atoms with Crippen LogP contribution in [0.2, 0.25) is 0 Å². The third-order valence-corrected chi connectivity index (χ3v) is 6.48. The van der Waals surface area contributed by atoms with Gasteiger partial charge in [0.2, 0.25) is 0 Å². The first-order valence-electron chi connectivity index (χ1n) is 11.4. The van der Waals surface area contributed by atoms with Crippen LogP contribution in [0.15, 0.2) is 54.6 Å². The quantitative estimate of drug-likeness (QED) is 0.523. The first-order chi connectivity index (χ1) is 16.2. The molecule has 0 aromatic heterocycles. The maximum Gasteiger partial charge on any atom is 0.339 e. The van der Waals surface area contributed by atoms with Gasteiger partial charge in [-0.05, 0) is 79.4 Å². The molecule has 1 atom stereocenters. The fourth-order valence-corrected chi connectivity index (χ4v) is 4.74. The number of benzene rings is 3. The van der Waals surface area contributed by atoms with Crippen molar-refractivity contribution >= 4 is 11.9 Å². The standard InChI is InChI=1S/C28H29NO5/c1-17-7-8-22(18(2)13-17)26-23-16-25(24(28(32)33)15-20(23)9-11-29(26)3)34-12-10-19-5-4-6-21(14-19)27(30)31/h4-8,13-16,26H,9-12H2,1-3H3,(H,30,31)(H,32,33). The van der Waals surface area contributed by atoms with Gasteiger partial charge in [0.05, 0.1) is 18.2 Å². The summed E-state index contributed by atoms with van der Waals surface area (Å²) in [6.07, 6.45) is 1.24. The lowest BCUT2D eigenvalue weighted by Crippen LogP contribution is -2.33. The second kappa shape index (κ2) is 9.69. The lowest BCUT2D eigenvalue weighted by Gasteiger charge is -2.36. The Kier molecular flexibility index (Phi) is 6.70. The topological polar surface area (TPSA) is 87.1 Å². The molecule has 0 amide bonds. The van der Waals surface area contributed by atoms with Crippen molar-refractivity contribution in [2.75, 3.05) is 20.2 Å². The minimum atomic E-state index is -1.02. The van der Waals surface area contributed by atoms with Crippen LogP contribution in [0.4, 0.5) is 0 Å². The summed E-state index contributed by atoms with van der Waals surface area (Å²) in [4.78, 5) is 25.5. The van der Waals surface area contributed by atoms with Crippen molar-refractivity contribution in [2.45, 2.75) is 32.7 Å². The van der Waals surface area contributed by atoms with Crippen LogP contribution in [0.25, 0.3) is 0 Å². The predicted octanol–water partition coefficient (Wildman–Crippen LogP) is 4.90. The van der Waals surface area contributed by atoms with E-state index in [-0.39, 0.29) is 23.8 Å². The van der Waals surface area contributed by atoms with E-state index in [1.54, 1.807) is 24.3 Å². The molecule has 3 aromatic carbocycles. The van der Waals surface area contributed by atoms with Crippen molar-refractivity contribution in [3.05, 3.63) is 99.1 Å². The number of hydrogen-bond acceptors (Lipinski definition) is 4. The number of hydrogen-bond donors (Lipinski definition) is 2.